The highest BCUT2D eigenvalue weighted by Crippen LogP contribution is 2.23. The molecule has 1 fully saturated rings. The van der Waals surface area contributed by atoms with Crippen molar-refractivity contribution in [3.63, 3.8) is 0 Å². The van der Waals surface area contributed by atoms with Gasteiger partial charge in [-0.2, -0.15) is 0 Å². The van der Waals surface area contributed by atoms with Gasteiger partial charge in [-0.1, -0.05) is 44.4 Å². The average molecular weight is 263 g/mol. The Morgan fingerprint density at radius 2 is 1.74 bits per heavy atom. The zero-order chi connectivity index (χ0) is 14.1. The third-order valence-electron chi connectivity index (χ3n) is 3.55. The molecule has 1 N–H and O–H groups in total. The van der Waals surface area contributed by atoms with E-state index in [0.29, 0.717) is 6.04 Å². The van der Waals surface area contributed by atoms with Gasteiger partial charge in [0.25, 0.3) is 0 Å². The Labute approximate surface area is 118 Å². The van der Waals surface area contributed by atoms with Crippen LogP contribution in [0.3, 0.4) is 0 Å². The Kier molecular flexibility index (Phi) is 7.57. The molecule has 0 bridgehead atoms. The molecule has 0 heterocycles. The molecule has 19 heavy (non-hydrogen) atoms. The number of aryl methyl sites for hydroxylation is 1. The number of ether oxygens (including phenoxy) is 1. The molecule has 0 unspecified atom stereocenters. The first kappa shape index (κ1) is 16.0. The minimum atomic E-state index is 0.667. The first-order valence-electron chi connectivity index (χ1n) is 7.46. The zero-order valence-corrected chi connectivity index (χ0v) is 12.9. The maximum Gasteiger partial charge on any atom is 0.118 e. The third kappa shape index (κ3) is 7.22. The molecule has 1 saturated carbocycles. The smallest absolute Gasteiger partial charge is 0.118 e. The van der Waals surface area contributed by atoms with Gasteiger partial charge in [0.05, 0.1) is 7.11 Å². The summed E-state index contributed by atoms with van der Waals surface area (Å²) in [5.74, 6) is 1.91. The standard InChI is InChI=1S/C9H19N.C8H10O/c1-8(2)10-7-9-5-3-4-6-9;1-7-3-5-8(9-2)6-4-7/h8-10H,3-7H2,1-2H3;3-6H,1-2H3. The van der Waals surface area contributed by atoms with Gasteiger partial charge in [-0.25, -0.2) is 0 Å². The lowest BCUT2D eigenvalue weighted by Gasteiger charge is -2.12. The molecule has 0 aromatic heterocycles. The van der Waals surface area contributed by atoms with Crippen LogP contribution in [0.1, 0.15) is 45.1 Å². The van der Waals surface area contributed by atoms with E-state index in [2.05, 4.69) is 26.1 Å². The highest BCUT2D eigenvalue weighted by Gasteiger charge is 2.14. The molecule has 1 aromatic rings. The summed E-state index contributed by atoms with van der Waals surface area (Å²) >= 11 is 0. The second-order valence-electron chi connectivity index (χ2n) is 5.73. The van der Waals surface area contributed by atoms with Crippen LogP contribution < -0.4 is 10.1 Å². The van der Waals surface area contributed by atoms with Crippen molar-refractivity contribution in [3.8, 4) is 5.75 Å². The Morgan fingerprint density at radius 1 is 1.16 bits per heavy atom. The topological polar surface area (TPSA) is 21.3 Å². The highest BCUT2D eigenvalue weighted by molar-refractivity contribution is 5.25. The van der Waals surface area contributed by atoms with Gasteiger partial charge < -0.3 is 10.1 Å². The molecule has 2 heteroatoms. The molecule has 0 atom stereocenters. The monoisotopic (exact) mass is 263 g/mol. The SMILES string of the molecule is CC(C)NCC1CCCC1.COc1ccc(C)cc1. The summed E-state index contributed by atoms with van der Waals surface area (Å²) in [5.41, 5.74) is 1.26. The Hall–Kier alpha value is -1.02. The van der Waals surface area contributed by atoms with E-state index in [1.54, 1.807) is 7.11 Å². The molecule has 0 saturated heterocycles. The average Bonchev–Trinajstić information content (AvgIpc) is 2.91. The van der Waals surface area contributed by atoms with Crippen LogP contribution in [0.4, 0.5) is 0 Å². The van der Waals surface area contributed by atoms with Gasteiger partial charge in [0, 0.05) is 6.04 Å². The lowest BCUT2D eigenvalue weighted by molar-refractivity contribution is 0.414. The molecule has 108 valence electrons. The van der Waals surface area contributed by atoms with Gasteiger partial charge in [-0.15, -0.1) is 0 Å². The molecule has 1 aliphatic carbocycles. The van der Waals surface area contributed by atoms with Crippen LogP contribution >= 0.6 is 0 Å². The van der Waals surface area contributed by atoms with Gasteiger partial charge in [0.15, 0.2) is 0 Å². The summed E-state index contributed by atoms with van der Waals surface area (Å²) in [5, 5.41) is 3.49. The summed E-state index contributed by atoms with van der Waals surface area (Å²) in [6.07, 6.45) is 5.84. The maximum atomic E-state index is 4.97. The van der Waals surface area contributed by atoms with Crippen LogP contribution in [0.5, 0.6) is 5.75 Å². The van der Waals surface area contributed by atoms with Crippen molar-refractivity contribution in [2.45, 2.75) is 52.5 Å². The van der Waals surface area contributed by atoms with Crippen molar-refractivity contribution in [2.75, 3.05) is 13.7 Å². The largest absolute Gasteiger partial charge is 0.497 e. The van der Waals surface area contributed by atoms with Gasteiger partial charge in [-0.05, 0) is 44.4 Å². The number of methoxy groups -OCH3 is 1. The van der Waals surface area contributed by atoms with Gasteiger partial charge >= 0.3 is 0 Å². The van der Waals surface area contributed by atoms with Crippen LogP contribution in [-0.2, 0) is 0 Å². The van der Waals surface area contributed by atoms with E-state index in [1.165, 1.54) is 37.8 Å². The number of hydrogen-bond acceptors (Lipinski definition) is 2. The van der Waals surface area contributed by atoms with Crippen molar-refractivity contribution in [2.24, 2.45) is 5.92 Å². The Bertz CT molecular complexity index is 326. The highest BCUT2D eigenvalue weighted by atomic mass is 16.5. The minimum absolute atomic E-state index is 0.667. The van der Waals surface area contributed by atoms with E-state index < -0.39 is 0 Å². The fourth-order valence-electron chi connectivity index (χ4n) is 2.29. The third-order valence-corrected chi connectivity index (χ3v) is 3.55. The van der Waals surface area contributed by atoms with Crippen LogP contribution in [0.2, 0.25) is 0 Å². The molecule has 2 rings (SSSR count). The number of nitrogens with one attached hydrogen (secondary N) is 1. The molecule has 2 nitrogen and oxygen atoms in total. The summed E-state index contributed by atoms with van der Waals surface area (Å²) in [7, 11) is 1.67. The van der Waals surface area contributed by atoms with Crippen molar-refractivity contribution < 1.29 is 4.74 Å². The Morgan fingerprint density at radius 3 is 2.21 bits per heavy atom. The van der Waals surface area contributed by atoms with Gasteiger partial charge in [0.2, 0.25) is 0 Å². The van der Waals surface area contributed by atoms with Crippen molar-refractivity contribution in [1.29, 1.82) is 0 Å². The van der Waals surface area contributed by atoms with E-state index in [0.717, 1.165) is 11.7 Å². The molecule has 0 amide bonds. The molecule has 0 aliphatic heterocycles. The first-order chi connectivity index (χ1) is 9.11. The number of benzene rings is 1. The minimum Gasteiger partial charge on any atom is -0.497 e. The second-order valence-corrected chi connectivity index (χ2v) is 5.73. The first-order valence-corrected chi connectivity index (χ1v) is 7.46. The number of rotatable bonds is 4. The van der Waals surface area contributed by atoms with E-state index >= 15 is 0 Å². The predicted molar refractivity (Wildman–Crippen MR) is 82.8 cm³/mol. The van der Waals surface area contributed by atoms with Crippen molar-refractivity contribution >= 4 is 0 Å². The zero-order valence-electron chi connectivity index (χ0n) is 12.9. The quantitative estimate of drug-likeness (QED) is 0.880. The van der Waals surface area contributed by atoms with Crippen LogP contribution in [0.25, 0.3) is 0 Å². The van der Waals surface area contributed by atoms with E-state index in [4.69, 9.17) is 4.74 Å². The van der Waals surface area contributed by atoms with E-state index in [1.807, 2.05) is 24.3 Å². The van der Waals surface area contributed by atoms with E-state index in [9.17, 15) is 0 Å². The molecule has 1 aliphatic rings. The summed E-state index contributed by atoms with van der Waals surface area (Å²) < 4.78 is 4.97. The van der Waals surface area contributed by atoms with Gasteiger partial charge in [-0.3, -0.25) is 0 Å². The maximum absolute atomic E-state index is 4.97. The summed E-state index contributed by atoms with van der Waals surface area (Å²) in [6.45, 7) is 7.74. The normalized spacial score (nSPS) is 15.2. The van der Waals surface area contributed by atoms with Crippen LogP contribution in [0, 0.1) is 12.8 Å². The fourth-order valence-corrected chi connectivity index (χ4v) is 2.29. The summed E-state index contributed by atoms with van der Waals surface area (Å²) in [4.78, 5) is 0. The molecule has 1 aromatic carbocycles. The van der Waals surface area contributed by atoms with Gasteiger partial charge in [0.1, 0.15) is 5.75 Å². The van der Waals surface area contributed by atoms with E-state index in [-0.39, 0.29) is 0 Å². The fraction of sp³-hybridized carbons (Fsp3) is 0.647. The Balaban J connectivity index is 0.000000191. The van der Waals surface area contributed by atoms with Crippen LogP contribution in [0.15, 0.2) is 24.3 Å². The lowest BCUT2D eigenvalue weighted by atomic mass is 10.1. The predicted octanol–water partition coefficient (Wildman–Crippen LogP) is 4.18. The number of hydrogen-bond donors (Lipinski definition) is 1. The van der Waals surface area contributed by atoms with Crippen LogP contribution in [-0.4, -0.2) is 19.7 Å². The van der Waals surface area contributed by atoms with Crippen molar-refractivity contribution in [1.82, 2.24) is 5.32 Å². The molecular formula is C17H29NO. The lowest BCUT2D eigenvalue weighted by Crippen LogP contribution is -2.27. The summed E-state index contributed by atoms with van der Waals surface area (Å²) in [6, 6.07) is 8.63. The van der Waals surface area contributed by atoms with Crippen molar-refractivity contribution in [3.05, 3.63) is 29.8 Å². The molecule has 0 radical (unpaired) electrons. The molecular weight excluding hydrogens is 234 g/mol. The molecule has 0 spiro atoms. The second kappa shape index (κ2) is 8.98.